The first-order valence-electron chi connectivity index (χ1n) is 13.1. The van der Waals surface area contributed by atoms with Crippen LogP contribution in [0.4, 0.5) is 0 Å². The van der Waals surface area contributed by atoms with Crippen LogP contribution < -0.4 is 0 Å². The molecule has 0 aromatic carbocycles. The van der Waals surface area contributed by atoms with E-state index in [0.717, 1.165) is 5.56 Å². The van der Waals surface area contributed by atoms with Crippen LogP contribution in [0, 0.1) is 28.1 Å². The number of rotatable bonds is 2. The molecule has 1 spiro atoms. The van der Waals surface area contributed by atoms with E-state index in [1.807, 2.05) is 34.6 Å². The van der Waals surface area contributed by atoms with Crippen molar-refractivity contribution >= 4 is 23.7 Å². The molecule has 6 rings (SSSR count). The predicted octanol–water partition coefficient (Wildman–Crippen LogP) is 3.69. The molecule has 2 aliphatic carbocycles. The van der Waals surface area contributed by atoms with Gasteiger partial charge < -0.3 is 23.4 Å². The summed E-state index contributed by atoms with van der Waals surface area (Å²) in [5.41, 5.74) is -3.88. The molecule has 5 aliphatic rings. The molecule has 9 unspecified atom stereocenters. The van der Waals surface area contributed by atoms with Crippen LogP contribution in [0.2, 0.25) is 0 Å². The van der Waals surface area contributed by atoms with E-state index in [0.29, 0.717) is 12.8 Å². The summed E-state index contributed by atoms with van der Waals surface area (Å²) in [6, 6.07) is 1.78. The third kappa shape index (κ3) is 2.79. The van der Waals surface area contributed by atoms with Gasteiger partial charge in [-0.25, -0.2) is 4.79 Å². The fourth-order valence-corrected chi connectivity index (χ4v) is 9.24. The number of fused-ring (bicyclic) bond motifs is 3. The lowest BCUT2D eigenvalue weighted by atomic mass is 9.37. The van der Waals surface area contributed by atoms with Crippen molar-refractivity contribution in [2.45, 2.75) is 96.7 Å². The number of epoxide rings is 1. The molecule has 9 heteroatoms. The molecule has 4 heterocycles. The Morgan fingerprint density at radius 2 is 1.76 bits per heavy atom. The second-order valence-electron chi connectivity index (χ2n) is 12.7. The Hall–Kier alpha value is -2.68. The van der Waals surface area contributed by atoms with Crippen molar-refractivity contribution in [3.63, 3.8) is 0 Å². The number of carbonyl (C=O) groups excluding carboxylic acids is 4. The molecule has 0 bridgehead atoms. The van der Waals surface area contributed by atoms with Gasteiger partial charge in [-0.3, -0.25) is 14.4 Å². The second-order valence-corrected chi connectivity index (χ2v) is 12.7. The Labute approximate surface area is 215 Å². The Balaban J connectivity index is 1.54. The highest BCUT2D eigenvalue weighted by atomic mass is 16.7. The molecule has 0 amide bonds. The first-order valence-corrected chi connectivity index (χ1v) is 13.1. The van der Waals surface area contributed by atoms with Crippen molar-refractivity contribution in [1.82, 2.24) is 0 Å². The highest BCUT2D eigenvalue weighted by Gasteiger charge is 2.88. The van der Waals surface area contributed by atoms with Crippen molar-refractivity contribution in [2.24, 2.45) is 28.1 Å². The maximum absolute atomic E-state index is 14.4. The molecule has 1 aromatic heterocycles. The van der Waals surface area contributed by atoms with Crippen molar-refractivity contribution in [3.05, 3.63) is 24.2 Å². The minimum atomic E-state index is -1.09. The molecule has 200 valence electrons. The van der Waals surface area contributed by atoms with E-state index in [2.05, 4.69) is 0 Å². The normalized spacial score (nSPS) is 47.7. The third-order valence-electron chi connectivity index (χ3n) is 10.8. The van der Waals surface area contributed by atoms with E-state index >= 15 is 0 Å². The largest absolute Gasteiger partial charge is 0.472 e. The number of furan rings is 1. The van der Waals surface area contributed by atoms with Crippen LogP contribution in [0.1, 0.15) is 78.9 Å². The summed E-state index contributed by atoms with van der Waals surface area (Å²) in [6.45, 7) is 11.0. The second kappa shape index (κ2) is 7.24. The lowest BCUT2D eigenvalue weighted by Gasteiger charge is -2.66. The Bertz CT molecular complexity index is 1200. The van der Waals surface area contributed by atoms with Crippen LogP contribution in [0.5, 0.6) is 0 Å². The van der Waals surface area contributed by atoms with E-state index in [4.69, 9.17) is 23.4 Å². The zero-order chi connectivity index (χ0) is 26.8. The summed E-state index contributed by atoms with van der Waals surface area (Å²) in [7, 11) is 0. The first kappa shape index (κ1) is 24.6. The van der Waals surface area contributed by atoms with E-state index in [9.17, 15) is 19.2 Å². The van der Waals surface area contributed by atoms with Crippen molar-refractivity contribution in [1.29, 1.82) is 0 Å². The number of esters is 3. The zero-order valence-electron chi connectivity index (χ0n) is 22.1. The van der Waals surface area contributed by atoms with Gasteiger partial charge in [-0.15, -0.1) is 0 Å². The highest BCUT2D eigenvalue weighted by Crippen LogP contribution is 2.78. The van der Waals surface area contributed by atoms with Gasteiger partial charge in [0.05, 0.1) is 24.4 Å². The predicted molar refractivity (Wildman–Crippen MR) is 126 cm³/mol. The van der Waals surface area contributed by atoms with Crippen LogP contribution in [0.3, 0.4) is 0 Å². The fraction of sp³-hybridized carbons (Fsp3) is 0.714. The van der Waals surface area contributed by atoms with Gasteiger partial charge in [0.25, 0.3) is 0 Å². The molecular weight excluding hydrogens is 480 g/mol. The van der Waals surface area contributed by atoms with Gasteiger partial charge in [-0.2, -0.15) is 0 Å². The van der Waals surface area contributed by atoms with Crippen LogP contribution in [0.15, 0.2) is 23.0 Å². The van der Waals surface area contributed by atoms with Gasteiger partial charge >= 0.3 is 17.9 Å². The number of cyclic esters (lactones) is 2. The molecular formula is C28H34O9. The zero-order valence-corrected chi connectivity index (χ0v) is 22.1. The van der Waals surface area contributed by atoms with Crippen LogP contribution in [-0.2, 0) is 38.1 Å². The SMILES string of the molecule is CC(=O)OC1CC(=O)OC(C)(C)C2CC(=O)C3(C)C(CCC4(C)C(c5ccoc5)OC(=O)C5OC543)C12C. The summed E-state index contributed by atoms with van der Waals surface area (Å²) >= 11 is 0. The average molecular weight is 515 g/mol. The average Bonchev–Trinajstić information content (AvgIpc) is 3.38. The van der Waals surface area contributed by atoms with Gasteiger partial charge in [0.2, 0.25) is 0 Å². The van der Waals surface area contributed by atoms with Crippen molar-refractivity contribution < 1.29 is 42.5 Å². The number of ketones is 1. The minimum absolute atomic E-state index is 0.0263. The number of carbonyl (C=O) groups is 4. The Kier molecular flexibility index (Phi) is 4.82. The summed E-state index contributed by atoms with van der Waals surface area (Å²) in [5.74, 6) is -2.18. The Morgan fingerprint density at radius 1 is 1.03 bits per heavy atom. The van der Waals surface area contributed by atoms with E-state index in [-0.39, 0.29) is 30.5 Å². The monoisotopic (exact) mass is 514 g/mol. The quantitative estimate of drug-likeness (QED) is 0.330. The topological polar surface area (TPSA) is 122 Å². The van der Waals surface area contributed by atoms with Crippen LogP contribution in [0.25, 0.3) is 0 Å². The number of hydrogen-bond acceptors (Lipinski definition) is 9. The summed E-state index contributed by atoms with van der Waals surface area (Å²) in [5, 5.41) is 0. The lowest BCUT2D eigenvalue weighted by molar-refractivity contribution is -0.234. The molecule has 9 atom stereocenters. The van der Waals surface area contributed by atoms with Crippen LogP contribution >= 0.6 is 0 Å². The highest BCUT2D eigenvalue weighted by molar-refractivity contribution is 5.93. The molecule has 0 N–H and O–H groups in total. The molecule has 3 saturated heterocycles. The summed E-state index contributed by atoms with van der Waals surface area (Å²) in [4.78, 5) is 52.7. The maximum Gasteiger partial charge on any atom is 0.339 e. The maximum atomic E-state index is 14.4. The van der Waals surface area contributed by atoms with E-state index in [1.54, 1.807) is 12.3 Å². The number of ether oxygens (including phenoxy) is 4. The van der Waals surface area contributed by atoms with Crippen LogP contribution in [-0.4, -0.2) is 47.1 Å². The molecule has 1 aromatic rings. The van der Waals surface area contributed by atoms with E-state index < -0.39 is 63.7 Å². The molecule has 9 nitrogen and oxygen atoms in total. The minimum Gasteiger partial charge on any atom is -0.472 e. The molecule has 2 saturated carbocycles. The van der Waals surface area contributed by atoms with E-state index in [1.165, 1.54) is 13.2 Å². The molecule has 37 heavy (non-hydrogen) atoms. The van der Waals surface area contributed by atoms with Gasteiger partial charge in [0, 0.05) is 35.7 Å². The van der Waals surface area contributed by atoms with Gasteiger partial charge in [0.15, 0.2) is 6.10 Å². The first-order chi connectivity index (χ1) is 17.2. The standard InChI is InChI=1S/C28H34O9/c1-14(29)34-19-12-20(31)36-24(2,3)17-11-18(30)27(6)16(26(17,19)5)7-9-25(4)21(15-8-10-33-13-15)35-23(32)22-28(25,27)37-22/h8,10,13,16-17,19,21-22H,7,9,11-12H2,1-6H3. The van der Waals surface area contributed by atoms with Crippen molar-refractivity contribution in [2.75, 3.05) is 0 Å². The molecule has 5 fully saturated rings. The van der Waals surface area contributed by atoms with Gasteiger partial charge in [-0.05, 0) is 45.6 Å². The fourth-order valence-electron chi connectivity index (χ4n) is 9.24. The Morgan fingerprint density at radius 3 is 2.41 bits per heavy atom. The third-order valence-corrected chi connectivity index (χ3v) is 10.8. The summed E-state index contributed by atoms with van der Waals surface area (Å²) in [6.07, 6.45) is 2.06. The lowest BCUT2D eigenvalue weighted by Crippen LogP contribution is -2.72. The number of hydrogen-bond donors (Lipinski definition) is 0. The number of Topliss-reactive ketones (excluding diaryl/α,β-unsaturated/α-hetero) is 1. The van der Waals surface area contributed by atoms with Crippen molar-refractivity contribution in [3.8, 4) is 0 Å². The molecule has 0 radical (unpaired) electrons. The summed E-state index contributed by atoms with van der Waals surface area (Å²) < 4.78 is 29.3. The smallest absolute Gasteiger partial charge is 0.339 e. The van der Waals surface area contributed by atoms with Gasteiger partial charge in [-0.1, -0.05) is 13.8 Å². The van der Waals surface area contributed by atoms with Gasteiger partial charge in [0.1, 0.15) is 29.2 Å². The molecule has 3 aliphatic heterocycles.